The third kappa shape index (κ3) is 5.96. The van der Waals surface area contributed by atoms with Crippen LogP contribution in [0.15, 0.2) is 47.4 Å². The highest BCUT2D eigenvalue weighted by molar-refractivity contribution is 7.92. The zero-order valence-corrected chi connectivity index (χ0v) is 18.8. The van der Waals surface area contributed by atoms with Gasteiger partial charge in [0.15, 0.2) is 0 Å². The van der Waals surface area contributed by atoms with Crippen molar-refractivity contribution in [2.45, 2.75) is 18.2 Å². The third-order valence-electron chi connectivity index (χ3n) is 5.18. The number of rotatable bonds is 9. The summed E-state index contributed by atoms with van der Waals surface area (Å²) in [6, 6.07) is 11.9. The monoisotopic (exact) mass is 446 g/mol. The van der Waals surface area contributed by atoms with Gasteiger partial charge in [0.2, 0.25) is 0 Å². The maximum atomic E-state index is 12.9. The number of nitrogens with one attached hydrogen (secondary N) is 3. The van der Waals surface area contributed by atoms with E-state index in [2.05, 4.69) is 20.3 Å². The SMILES string of the molecule is CCc1ccc(S(=O)(=O)Nc2ccc(N3CCNCC3)c(C(=O)NCCOC)c2)cc1. The van der Waals surface area contributed by atoms with Crippen molar-refractivity contribution in [1.82, 2.24) is 10.6 Å². The van der Waals surface area contributed by atoms with Gasteiger partial charge in [0.1, 0.15) is 0 Å². The second-order valence-electron chi connectivity index (χ2n) is 7.32. The van der Waals surface area contributed by atoms with E-state index in [1.165, 1.54) is 0 Å². The molecule has 0 atom stereocenters. The zero-order chi connectivity index (χ0) is 22.3. The number of nitrogens with zero attached hydrogens (tertiary/aromatic N) is 1. The number of ether oxygens (including phenoxy) is 1. The molecule has 1 aliphatic heterocycles. The van der Waals surface area contributed by atoms with E-state index in [-0.39, 0.29) is 10.8 Å². The van der Waals surface area contributed by atoms with Crippen LogP contribution in [0.25, 0.3) is 0 Å². The van der Waals surface area contributed by atoms with Gasteiger partial charge in [0.25, 0.3) is 15.9 Å². The number of carbonyl (C=O) groups excluding carboxylic acids is 1. The zero-order valence-electron chi connectivity index (χ0n) is 18.0. The van der Waals surface area contributed by atoms with Crippen molar-refractivity contribution in [3.8, 4) is 0 Å². The number of carbonyl (C=O) groups is 1. The smallest absolute Gasteiger partial charge is 0.261 e. The molecular weight excluding hydrogens is 416 g/mol. The highest BCUT2D eigenvalue weighted by Crippen LogP contribution is 2.26. The first-order valence-corrected chi connectivity index (χ1v) is 11.9. The second kappa shape index (κ2) is 10.6. The molecule has 8 nitrogen and oxygen atoms in total. The number of hydrogen-bond acceptors (Lipinski definition) is 6. The van der Waals surface area contributed by atoms with Crippen molar-refractivity contribution >= 4 is 27.3 Å². The van der Waals surface area contributed by atoms with Crippen LogP contribution in [-0.2, 0) is 21.2 Å². The second-order valence-corrected chi connectivity index (χ2v) is 9.00. The number of amides is 1. The fraction of sp³-hybridized carbons (Fsp3) is 0.409. The number of hydrogen-bond donors (Lipinski definition) is 3. The fourth-order valence-corrected chi connectivity index (χ4v) is 4.49. The summed E-state index contributed by atoms with van der Waals surface area (Å²) < 4.78 is 33.3. The van der Waals surface area contributed by atoms with Gasteiger partial charge < -0.3 is 20.3 Å². The van der Waals surface area contributed by atoms with Crippen LogP contribution >= 0.6 is 0 Å². The normalized spacial score (nSPS) is 14.3. The summed E-state index contributed by atoms with van der Waals surface area (Å²) in [6.07, 6.45) is 0.836. The van der Waals surface area contributed by atoms with Crippen molar-refractivity contribution in [2.75, 3.05) is 56.1 Å². The molecule has 1 aliphatic rings. The van der Waals surface area contributed by atoms with E-state index in [1.807, 2.05) is 6.92 Å². The van der Waals surface area contributed by atoms with E-state index >= 15 is 0 Å². The summed E-state index contributed by atoms with van der Waals surface area (Å²) in [5, 5.41) is 6.12. The van der Waals surface area contributed by atoms with E-state index in [0.29, 0.717) is 24.4 Å². The maximum absolute atomic E-state index is 12.9. The van der Waals surface area contributed by atoms with Crippen molar-refractivity contribution in [1.29, 1.82) is 0 Å². The molecule has 168 valence electrons. The molecule has 3 rings (SSSR count). The number of benzene rings is 2. The summed E-state index contributed by atoms with van der Waals surface area (Å²) in [6.45, 7) is 5.98. The molecule has 0 aliphatic carbocycles. The van der Waals surface area contributed by atoms with Crippen LogP contribution in [0.3, 0.4) is 0 Å². The minimum Gasteiger partial charge on any atom is -0.383 e. The molecule has 0 radical (unpaired) electrons. The molecular formula is C22H30N4O4S. The number of aryl methyl sites for hydroxylation is 1. The van der Waals surface area contributed by atoms with Gasteiger partial charge >= 0.3 is 0 Å². The maximum Gasteiger partial charge on any atom is 0.261 e. The van der Waals surface area contributed by atoms with Crippen molar-refractivity contribution in [3.05, 3.63) is 53.6 Å². The number of piperazine rings is 1. The average Bonchev–Trinajstić information content (AvgIpc) is 2.79. The molecule has 0 bridgehead atoms. The summed E-state index contributed by atoms with van der Waals surface area (Å²) >= 11 is 0. The summed E-state index contributed by atoms with van der Waals surface area (Å²) in [4.78, 5) is 15.2. The molecule has 2 aromatic rings. The first-order chi connectivity index (χ1) is 14.9. The molecule has 0 spiro atoms. The third-order valence-corrected chi connectivity index (χ3v) is 6.58. The van der Waals surface area contributed by atoms with Crippen molar-refractivity contribution in [3.63, 3.8) is 0 Å². The average molecular weight is 447 g/mol. The highest BCUT2D eigenvalue weighted by Gasteiger charge is 2.21. The minimum absolute atomic E-state index is 0.182. The standard InChI is InChI=1S/C22H30N4O4S/c1-3-17-4-7-19(8-5-17)31(28,29)25-18-6-9-21(26-13-10-23-11-14-26)20(16-18)22(27)24-12-15-30-2/h4-9,16,23,25H,3,10-15H2,1-2H3,(H,24,27). The lowest BCUT2D eigenvalue weighted by Crippen LogP contribution is -2.44. The number of anilines is 2. The number of methoxy groups -OCH3 is 1. The van der Waals surface area contributed by atoms with Gasteiger partial charge in [-0.05, 0) is 42.3 Å². The molecule has 0 saturated carbocycles. The topological polar surface area (TPSA) is 99.8 Å². The quantitative estimate of drug-likeness (QED) is 0.509. The van der Waals surface area contributed by atoms with Crippen LogP contribution < -0.4 is 20.3 Å². The Labute approximate surface area is 184 Å². The Morgan fingerprint density at radius 2 is 1.84 bits per heavy atom. The van der Waals surface area contributed by atoms with E-state index in [0.717, 1.165) is 43.9 Å². The molecule has 1 amide bonds. The van der Waals surface area contributed by atoms with Gasteiger partial charge in [-0.2, -0.15) is 0 Å². The van der Waals surface area contributed by atoms with Gasteiger partial charge in [-0.3, -0.25) is 9.52 Å². The van der Waals surface area contributed by atoms with E-state index in [9.17, 15) is 13.2 Å². The van der Waals surface area contributed by atoms with Gasteiger partial charge in [-0.25, -0.2) is 8.42 Å². The lowest BCUT2D eigenvalue weighted by atomic mass is 10.1. The van der Waals surface area contributed by atoms with Crippen LogP contribution in [0, 0.1) is 0 Å². The Hall–Kier alpha value is -2.62. The molecule has 31 heavy (non-hydrogen) atoms. The summed E-state index contributed by atoms with van der Waals surface area (Å²) in [7, 11) is -2.19. The first kappa shape index (κ1) is 23.1. The fourth-order valence-electron chi connectivity index (χ4n) is 3.44. The van der Waals surface area contributed by atoms with Crippen LogP contribution in [0.4, 0.5) is 11.4 Å². The minimum atomic E-state index is -3.76. The molecule has 0 unspecified atom stereocenters. The first-order valence-electron chi connectivity index (χ1n) is 10.4. The molecule has 9 heteroatoms. The predicted octanol–water partition coefficient (Wildman–Crippen LogP) is 1.84. The molecule has 1 heterocycles. The van der Waals surface area contributed by atoms with Gasteiger partial charge in [-0.15, -0.1) is 0 Å². The Morgan fingerprint density at radius 1 is 1.13 bits per heavy atom. The molecule has 0 aromatic heterocycles. The van der Waals surface area contributed by atoms with Gasteiger partial charge in [-0.1, -0.05) is 19.1 Å². The van der Waals surface area contributed by atoms with E-state index in [1.54, 1.807) is 49.6 Å². The summed E-state index contributed by atoms with van der Waals surface area (Å²) in [5.41, 5.74) is 2.62. The largest absolute Gasteiger partial charge is 0.383 e. The Bertz CT molecular complexity index is 987. The molecule has 2 aromatic carbocycles. The highest BCUT2D eigenvalue weighted by atomic mass is 32.2. The van der Waals surface area contributed by atoms with Crippen LogP contribution in [0.1, 0.15) is 22.8 Å². The van der Waals surface area contributed by atoms with Crippen LogP contribution in [0.5, 0.6) is 0 Å². The Balaban J connectivity index is 1.87. The van der Waals surface area contributed by atoms with Gasteiger partial charge in [0, 0.05) is 51.2 Å². The van der Waals surface area contributed by atoms with E-state index in [4.69, 9.17) is 4.74 Å². The number of sulfonamides is 1. The van der Waals surface area contributed by atoms with Crippen molar-refractivity contribution in [2.24, 2.45) is 0 Å². The molecule has 1 saturated heterocycles. The Morgan fingerprint density at radius 3 is 2.48 bits per heavy atom. The van der Waals surface area contributed by atoms with Gasteiger partial charge in [0.05, 0.1) is 17.1 Å². The van der Waals surface area contributed by atoms with E-state index < -0.39 is 10.0 Å². The molecule has 3 N–H and O–H groups in total. The van der Waals surface area contributed by atoms with Crippen molar-refractivity contribution < 1.29 is 17.9 Å². The predicted molar refractivity (Wildman–Crippen MR) is 122 cm³/mol. The molecule has 1 fully saturated rings. The van der Waals surface area contributed by atoms with Crippen LogP contribution in [0.2, 0.25) is 0 Å². The lowest BCUT2D eigenvalue weighted by molar-refractivity contribution is 0.0937. The lowest BCUT2D eigenvalue weighted by Gasteiger charge is -2.31. The Kier molecular flexibility index (Phi) is 7.89. The summed E-state index contributed by atoms with van der Waals surface area (Å²) in [5.74, 6) is -0.265. The van der Waals surface area contributed by atoms with Crippen LogP contribution in [-0.4, -0.2) is 60.8 Å².